The van der Waals surface area contributed by atoms with Gasteiger partial charge in [-0.3, -0.25) is 0 Å². The van der Waals surface area contributed by atoms with Gasteiger partial charge in [-0.1, -0.05) is 0 Å². The second-order valence-electron chi connectivity index (χ2n) is 0.827. The third-order valence-corrected chi connectivity index (χ3v) is 0.748. The predicted octanol–water partition coefficient (Wildman–Crippen LogP) is -5.11. The van der Waals surface area contributed by atoms with Crippen molar-refractivity contribution in [2.75, 3.05) is 0 Å². The van der Waals surface area contributed by atoms with Crippen LogP contribution in [0.5, 0.6) is 0 Å². The number of carbonyl (C=O) groups is 1. The summed E-state index contributed by atoms with van der Waals surface area (Å²) in [5.41, 5.74) is -2.09. The smallest absolute Gasteiger partial charge is 0.433 e. The molecule has 0 rings (SSSR count). The molecule has 0 bridgehead atoms. The molecule has 0 heterocycles. The summed E-state index contributed by atoms with van der Waals surface area (Å²) in [7, 11) is -4.82. The zero-order valence-corrected chi connectivity index (χ0v) is 7.00. The van der Waals surface area contributed by atoms with Gasteiger partial charge in [-0.25, -0.2) is 9.36 Å². The van der Waals surface area contributed by atoms with Gasteiger partial charge in [0, 0.05) is 0 Å². The molecule has 90 valence electrons. The van der Waals surface area contributed by atoms with Gasteiger partial charge in [-0.2, -0.15) is 0 Å². The van der Waals surface area contributed by atoms with Crippen molar-refractivity contribution < 1.29 is 57.1 Å². The van der Waals surface area contributed by atoms with Crippen molar-refractivity contribution in [3.63, 3.8) is 0 Å². The quantitative estimate of drug-likeness (QED) is 0.373. The summed E-state index contributed by atoms with van der Waals surface area (Å²) < 4.78 is 9.43. The van der Waals surface area contributed by atoms with Gasteiger partial charge in [0.15, 0.2) is 0 Å². The average Bonchev–Trinajstić information content (AvgIpc) is 1.31. The summed E-state index contributed by atoms with van der Waals surface area (Å²) >= 11 is 0. The summed E-state index contributed by atoms with van der Waals surface area (Å²) in [5.74, 6) is 0. The third-order valence-electron chi connectivity index (χ3n) is 0.249. The minimum atomic E-state index is -4.82. The monoisotopic (exact) mass is 234 g/mol. The van der Waals surface area contributed by atoms with E-state index in [0.717, 1.165) is 0 Å². The van der Waals surface area contributed by atoms with E-state index in [4.69, 9.17) is 14.9 Å². The molecule has 0 fully saturated rings. The van der Waals surface area contributed by atoms with Crippen LogP contribution in [0.3, 0.4) is 0 Å². The van der Waals surface area contributed by atoms with Crippen molar-refractivity contribution in [3.05, 3.63) is 0 Å². The highest BCUT2D eigenvalue weighted by Crippen LogP contribution is 2.34. The first-order valence-corrected chi connectivity index (χ1v) is 2.85. The summed E-state index contributed by atoms with van der Waals surface area (Å²) in [6.07, 6.45) is 0. The molecule has 0 amide bonds. The zero-order valence-electron chi connectivity index (χ0n) is 6.11. The van der Waals surface area contributed by atoms with Crippen molar-refractivity contribution in [1.82, 2.24) is 0 Å². The van der Waals surface area contributed by atoms with Gasteiger partial charge < -0.3 is 47.8 Å². The lowest BCUT2D eigenvalue weighted by molar-refractivity contribution is 0.208. The van der Waals surface area contributed by atoms with Crippen LogP contribution in [-0.4, -0.2) is 53.5 Å². The average molecular weight is 234 g/mol. The molecule has 12 heteroatoms. The number of hydrogen-bond acceptors (Lipinski definition) is 2. The van der Waals surface area contributed by atoms with E-state index in [0.29, 0.717) is 0 Å². The topological polar surface area (TPSA) is 284 Å². The molecule has 0 aliphatic heterocycles. The highest BCUT2D eigenvalue weighted by atomic mass is 31.2. The van der Waals surface area contributed by atoms with Gasteiger partial charge in [0.1, 0.15) is 0 Å². The number of hydrogen-bond donors (Lipinski definition) is 3. The fourth-order valence-electron chi connectivity index (χ4n) is 0. The second-order valence-corrected chi connectivity index (χ2v) is 2.30. The van der Waals surface area contributed by atoms with Crippen LogP contribution in [0.2, 0.25) is 0 Å². The fourth-order valence-corrected chi connectivity index (χ4v) is 0. The van der Waals surface area contributed by atoms with Gasteiger partial charge in [-0.05, 0) is 0 Å². The van der Waals surface area contributed by atoms with E-state index in [9.17, 15) is 9.36 Å². The molecule has 0 saturated carbocycles. The van der Waals surface area contributed by atoms with Crippen molar-refractivity contribution in [1.29, 1.82) is 0 Å². The lowest BCUT2D eigenvalue weighted by Gasteiger charge is -1.90. The Hall–Kier alpha value is -0.620. The van der Waals surface area contributed by atoms with Crippen LogP contribution in [0.25, 0.3) is 0 Å². The van der Waals surface area contributed by atoms with Gasteiger partial charge in [0.25, 0.3) is 0 Å². The molecule has 0 radical (unpaired) electrons. The molecule has 15 N–H and O–H groups in total. The minimum absolute atomic E-state index is 0. The first-order valence-electron chi connectivity index (χ1n) is 1.23. The van der Waals surface area contributed by atoms with Crippen LogP contribution in [-0.2, 0) is 4.57 Å². The highest BCUT2D eigenvalue weighted by molar-refractivity contribution is 7.69. The molecule has 0 spiro atoms. The summed E-state index contributed by atoms with van der Waals surface area (Å²) in [4.78, 5) is 24.5. The molecule has 0 aromatic carbocycles. The van der Waals surface area contributed by atoms with Crippen molar-refractivity contribution >= 4 is 13.3 Å². The van der Waals surface area contributed by atoms with E-state index < -0.39 is 13.3 Å². The van der Waals surface area contributed by atoms with E-state index in [-0.39, 0.29) is 32.9 Å². The molecular formula is CH15O11P. The Bertz CT molecular complexity index is 122. The molecule has 0 aliphatic carbocycles. The van der Waals surface area contributed by atoms with Crippen molar-refractivity contribution in [2.24, 2.45) is 0 Å². The van der Waals surface area contributed by atoms with E-state index >= 15 is 0 Å². The Kier molecular flexibility index (Phi) is 74.4. The van der Waals surface area contributed by atoms with Gasteiger partial charge in [0.05, 0.1) is 0 Å². The molecule has 0 unspecified atom stereocenters. The van der Waals surface area contributed by atoms with Gasteiger partial charge in [-0.15, -0.1) is 0 Å². The standard InChI is InChI=1S/CH3O5P.6H2O/c2-1(3)7(4,5)6;;;;;;/h(H,2,3)(H2,4,5,6);6*1H2. The zero-order chi connectivity index (χ0) is 6.08. The van der Waals surface area contributed by atoms with Crippen LogP contribution in [0.4, 0.5) is 4.79 Å². The van der Waals surface area contributed by atoms with Crippen LogP contribution in [0.15, 0.2) is 0 Å². The maximum absolute atomic E-state index is 9.43. The van der Waals surface area contributed by atoms with Crippen LogP contribution < -0.4 is 0 Å². The Labute approximate surface area is 71.6 Å². The lowest BCUT2D eigenvalue weighted by Crippen LogP contribution is -1.90. The van der Waals surface area contributed by atoms with E-state index in [1.54, 1.807) is 0 Å². The molecular weight excluding hydrogens is 219 g/mol. The molecule has 11 nitrogen and oxygen atoms in total. The van der Waals surface area contributed by atoms with Crippen molar-refractivity contribution in [2.45, 2.75) is 0 Å². The largest absolute Gasteiger partial charge is 0.472 e. The third kappa shape index (κ3) is 34.6. The first kappa shape index (κ1) is 55.4. The maximum atomic E-state index is 9.43. The van der Waals surface area contributed by atoms with Gasteiger partial charge >= 0.3 is 13.3 Å². The normalized spacial score (nSPS) is 6.00. The van der Waals surface area contributed by atoms with E-state index in [2.05, 4.69) is 0 Å². The summed E-state index contributed by atoms with van der Waals surface area (Å²) in [6.45, 7) is 0. The van der Waals surface area contributed by atoms with Crippen LogP contribution in [0.1, 0.15) is 0 Å². The lowest BCUT2D eigenvalue weighted by atomic mass is 11.6. The molecule has 13 heavy (non-hydrogen) atoms. The Morgan fingerprint density at radius 2 is 0.923 bits per heavy atom. The molecule has 0 atom stereocenters. The maximum Gasteiger partial charge on any atom is 0.433 e. The predicted molar refractivity (Wildman–Crippen MR) is 41.8 cm³/mol. The molecule has 0 aliphatic rings. The second kappa shape index (κ2) is 17.5. The molecule has 0 aromatic rings. The first-order chi connectivity index (χ1) is 2.94. The Morgan fingerprint density at radius 3 is 0.923 bits per heavy atom. The van der Waals surface area contributed by atoms with Gasteiger partial charge in [0.2, 0.25) is 0 Å². The van der Waals surface area contributed by atoms with Crippen molar-refractivity contribution in [3.8, 4) is 0 Å². The Morgan fingerprint density at radius 1 is 0.846 bits per heavy atom. The fraction of sp³-hybridized carbons (Fsp3) is 0. The molecule has 0 saturated heterocycles. The molecule has 0 aromatic heterocycles. The van der Waals surface area contributed by atoms with E-state index in [1.807, 2.05) is 0 Å². The van der Waals surface area contributed by atoms with Crippen LogP contribution in [0, 0.1) is 0 Å². The highest BCUT2D eigenvalue weighted by Gasteiger charge is 2.23. The number of carboxylic acid groups (broad SMARTS) is 1. The SMILES string of the molecule is O.O.O.O.O.O.O=C(O)P(=O)(O)O. The summed E-state index contributed by atoms with van der Waals surface area (Å²) in [6, 6.07) is 0. The van der Waals surface area contributed by atoms with E-state index in [1.165, 1.54) is 0 Å². The Balaban J connectivity index is -0.0000000120. The minimum Gasteiger partial charge on any atom is -0.472 e. The van der Waals surface area contributed by atoms with Crippen LogP contribution >= 0.6 is 7.60 Å². The summed E-state index contributed by atoms with van der Waals surface area (Å²) in [5, 5.41) is 7.49. The number of rotatable bonds is 1.